The number of hydrogen-bond acceptors (Lipinski definition) is 2. The Balaban J connectivity index is 2.06. The second kappa shape index (κ2) is 6.73. The third kappa shape index (κ3) is 3.50. The van der Waals surface area contributed by atoms with Crippen LogP contribution in [0, 0.1) is 5.82 Å². The molecule has 20 heavy (non-hydrogen) atoms. The van der Waals surface area contributed by atoms with Gasteiger partial charge in [0.05, 0.1) is 7.11 Å². The largest absolute Gasteiger partial charge is 0.496 e. The lowest BCUT2D eigenvalue weighted by Gasteiger charge is -2.17. The van der Waals surface area contributed by atoms with Gasteiger partial charge in [-0.3, -0.25) is 0 Å². The Bertz CT molecular complexity index is 588. The van der Waals surface area contributed by atoms with Gasteiger partial charge < -0.3 is 10.1 Å². The van der Waals surface area contributed by atoms with Crippen LogP contribution < -0.4 is 10.1 Å². The third-order valence-electron chi connectivity index (χ3n) is 3.22. The van der Waals surface area contributed by atoms with Crippen molar-refractivity contribution in [2.45, 2.75) is 19.5 Å². The molecule has 2 aromatic rings. The average Bonchev–Trinajstić information content (AvgIpc) is 2.46. The van der Waals surface area contributed by atoms with E-state index in [-0.39, 0.29) is 11.9 Å². The number of hydrogen-bond donors (Lipinski definition) is 1. The zero-order valence-corrected chi connectivity index (χ0v) is 12.2. The van der Waals surface area contributed by atoms with Crippen LogP contribution in [0.15, 0.2) is 42.5 Å². The minimum atomic E-state index is -0.323. The number of nitrogens with one attached hydrogen (secondary N) is 1. The van der Waals surface area contributed by atoms with Gasteiger partial charge in [0.15, 0.2) is 0 Å². The van der Waals surface area contributed by atoms with Gasteiger partial charge in [0, 0.05) is 23.2 Å². The van der Waals surface area contributed by atoms with Crippen LogP contribution in [-0.4, -0.2) is 7.11 Å². The van der Waals surface area contributed by atoms with E-state index in [0.717, 1.165) is 16.9 Å². The smallest absolute Gasteiger partial charge is 0.124 e. The number of methoxy groups -OCH3 is 1. The van der Waals surface area contributed by atoms with Crippen molar-refractivity contribution in [3.05, 3.63) is 64.4 Å². The maximum atomic E-state index is 13.0. The zero-order valence-electron chi connectivity index (χ0n) is 11.5. The summed E-state index contributed by atoms with van der Waals surface area (Å²) in [7, 11) is 1.66. The summed E-state index contributed by atoms with van der Waals surface area (Å²) < 4.78 is 18.3. The molecule has 0 spiro atoms. The molecule has 0 aliphatic carbocycles. The van der Waals surface area contributed by atoms with Crippen LogP contribution in [-0.2, 0) is 6.54 Å². The topological polar surface area (TPSA) is 21.3 Å². The summed E-state index contributed by atoms with van der Waals surface area (Å²) in [4.78, 5) is 0. The van der Waals surface area contributed by atoms with E-state index in [0.29, 0.717) is 11.6 Å². The summed E-state index contributed by atoms with van der Waals surface area (Å²) in [6.07, 6.45) is 0. The highest BCUT2D eigenvalue weighted by Gasteiger charge is 2.11. The molecule has 0 amide bonds. The van der Waals surface area contributed by atoms with E-state index >= 15 is 0 Å². The van der Waals surface area contributed by atoms with Gasteiger partial charge in [-0.1, -0.05) is 35.9 Å². The highest BCUT2D eigenvalue weighted by Crippen LogP contribution is 2.25. The number of halogens is 2. The molecule has 0 bridgehead atoms. The third-order valence-corrected chi connectivity index (χ3v) is 3.57. The van der Waals surface area contributed by atoms with Crippen molar-refractivity contribution in [2.75, 3.05) is 7.11 Å². The summed E-state index contributed by atoms with van der Waals surface area (Å²) in [6.45, 7) is 2.62. The predicted octanol–water partition coefficient (Wildman–Crippen LogP) is 4.34. The molecule has 4 heteroatoms. The number of para-hydroxylation sites is 1. The zero-order chi connectivity index (χ0) is 14.5. The molecule has 1 atom stereocenters. The van der Waals surface area contributed by atoms with E-state index in [1.165, 1.54) is 12.1 Å². The molecule has 0 aromatic heterocycles. The lowest BCUT2D eigenvalue weighted by atomic mass is 10.1. The Hall–Kier alpha value is -1.58. The Morgan fingerprint density at radius 1 is 1.25 bits per heavy atom. The van der Waals surface area contributed by atoms with E-state index in [2.05, 4.69) is 12.2 Å². The van der Waals surface area contributed by atoms with E-state index < -0.39 is 0 Å². The summed E-state index contributed by atoms with van der Waals surface area (Å²) in [5.41, 5.74) is 1.95. The molecule has 0 saturated carbocycles. The number of benzene rings is 2. The molecule has 0 saturated heterocycles. The van der Waals surface area contributed by atoms with Gasteiger partial charge in [-0.05, 0) is 30.7 Å². The van der Waals surface area contributed by atoms with Gasteiger partial charge in [0.2, 0.25) is 0 Å². The van der Waals surface area contributed by atoms with Gasteiger partial charge in [-0.15, -0.1) is 0 Å². The second-order valence-corrected chi connectivity index (χ2v) is 4.99. The first kappa shape index (κ1) is 14.8. The molecule has 106 valence electrons. The second-order valence-electron chi connectivity index (χ2n) is 4.58. The Kier molecular flexibility index (Phi) is 4.99. The highest BCUT2D eigenvalue weighted by molar-refractivity contribution is 6.31. The fourth-order valence-corrected chi connectivity index (χ4v) is 2.30. The minimum absolute atomic E-state index is 0.104. The first-order valence-electron chi connectivity index (χ1n) is 6.42. The molecule has 0 heterocycles. The monoisotopic (exact) mass is 293 g/mol. The molecule has 0 fully saturated rings. The normalized spacial score (nSPS) is 12.2. The molecule has 2 nitrogen and oxygen atoms in total. The van der Waals surface area contributed by atoms with Gasteiger partial charge in [-0.25, -0.2) is 4.39 Å². The summed E-state index contributed by atoms with van der Waals surface area (Å²) >= 11 is 6.01. The molecule has 0 unspecified atom stereocenters. The van der Waals surface area contributed by atoms with E-state index in [9.17, 15) is 4.39 Å². The van der Waals surface area contributed by atoms with Crippen LogP contribution >= 0.6 is 11.6 Å². The van der Waals surface area contributed by atoms with Crippen molar-refractivity contribution in [1.29, 1.82) is 0 Å². The van der Waals surface area contributed by atoms with E-state index in [4.69, 9.17) is 16.3 Å². The highest BCUT2D eigenvalue weighted by atomic mass is 35.5. The van der Waals surface area contributed by atoms with Crippen molar-refractivity contribution in [3.8, 4) is 5.75 Å². The Morgan fingerprint density at radius 3 is 2.70 bits per heavy atom. The fraction of sp³-hybridized carbons (Fsp3) is 0.250. The molecule has 0 aliphatic rings. The van der Waals surface area contributed by atoms with Crippen LogP contribution in [0.1, 0.15) is 24.1 Å². The lowest BCUT2D eigenvalue weighted by molar-refractivity contribution is 0.401. The minimum Gasteiger partial charge on any atom is -0.496 e. The maximum absolute atomic E-state index is 13.0. The summed E-state index contributed by atoms with van der Waals surface area (Å²) in [5, 5.41) is 3.80. The predicted molar refractivity (Wildman–Crippen MR) is 79.7 cm³/mol. The van der Waals surface area contributed by atoms with Gasteiger partial charge >= 0.3 is 0 Å². The molecule has 2 aromatic carbocycles. The van der Waals surface area contributed by atoms with Gasteiger partial charge in [0.1, 0.15) is 11.6 Å². The molecule has 0 aliphatic heterocycles. The summed E-state index contributed by atoms with van der Waals surface area (Å²) in [6, 6.07) is 12.4. The SMILES string of the molecule is COc1ccccc1[C@@H](C)NCc1ccc(F)cc1Cl. The van der Waals surface area contributed by atoms with Gasteiger partial charge in [-0.2, -0.15) is 0 Å². The van der Waals surface area contributed by atoms with Crippen LogP contribution in [0.2, 0.25) is 5.02 Å². The first-order valence-corrected chi connectivity index (χ1v) is 6.80. The van der Waals surface area contributed by atoms with Gasteiger partial charge in [0.25, 0.3) is 0 Å². The lowest BCUT2D eigenvalue weighted by Crippen LogP contribution is -2.19. The molecular formula is C16H17ClFNO. The first-order chi connectivity index (χ1) is 9.61. The standard InChI is InChI=1S/C16H17ClFNO/c1-11(14-5-3-4-6-16(14)20-2)19-10-12-7-8-13(18)9-15(12)17/h3-9,11,19H,10H2,1-2H3/t11-/m1/s1. The van der Waals surface area contributed by atoms with Crippen molar-refractivity contribution in [1.82, 2.24) is 5.32 Å². The van der Waals surface area contributed by atoms with Crippen LogP contribution in [0.5, 0.6) is 5.75 Å². The van der Waals surface area contributed by atoms with Crippen molar-refractivity contribution < 1.29 is 9.13 Å². The summed E-state index contributed by atoms with van der Waals surface area (Å²) in [5.74, 6) is 0.522. The van der Waals surface area contributed by atoms with Crippen molar-refractivity contribution >= 4 is 11.6 Å². The van der Waals surface area contributed by atoms with Crippen LogP contribution in [0.3, 0.4) is 0 Å². The number of ether oxygens (including phenoxy) is 1. The van der Waals surface area contributed by atoms with Crippen molar-refractivity contribution in [2.24, 2.45) is 0 Å². The fourth-order valence-electron chi connectivity index (χ4n) is 2.06. The van der Waals surface area contributed by atoms with E-state index in [1.54, 1.807) is 13.2 Å². The quantitative estimate of drug-likeness (QED) is 0.885. The number of rotatable bonds is 5. The average molecular weight is 294 g/mol. The Morgan fingerprint density at radius 2 is 2.00 bits per heavy atom. The Labute approximate surface area is 123 Å². The molecule has 1 N–H and O–H groups in total. The van der Waals surface area contributed by atoms with Crippen LogP contribution in [0.25, 0.3) is 0 Å². The van der Waals surface area contributed by atoms with Crippen molar-refractivity contribution in [3.63, 3.8) is 0 Å². The van der Waals surface area contributed by atoms with Crippen LogP contribution in [0.4, 0.5) is 4.39 Å². The molecular weight excluding hydrogens is 277 g/mol. The molecule has 2 rings (SSSR count). The molecule has 0 radical (unpaired) electrons. The van der Waals surface area contributed by atoms with E-state index in [1.807, 2.05) is 24.3 Å². The maximum Gasteiger partial charge on any atom is 0.124 e.